The summed E-state index contributed by atoms with van der Waals surface area (Å²) in [6.45, 7) is 0.890. The summed E-state index contributed by atoms with van der Waals surface area (Å²) in [7, 11) is 3.82. The maximum absolute atomic E-state index is 12.1. The number of amides is 1. The summed E-state index contributed by atoms with van der Waals surface area (Å²) in [5.41, 5.74) is 0. The summed E-state index contributed by atoms with van der Waals surface area (Å²) in [5.74, 6) is 0.696. The Morgan fingerprint density at radius 1 is 1.39 bits per heavy atom. The van der Waals surface area contributed by atoms with Crippen LogP contribution in [-0.2, 0) is 7.05 Å². The number of aryl methyl sites for hydroxylation is 1. The third kappa shape index (κ3) is 3.96. The van der Waals surface area contributed by atoms with E-state index in [9.17, 15) is 4.79 Å². The van der Waals surface area contributed by atoms with Crippen molar-refractivity contribution < 1.29 is 33.3 Å². The van der Waals surface area contributed by atoms with Crippen LogP contribution in [0, 0.1) is 5.92 Å². The van der Waals surface area contributed by atoms with E-state index in [-0.39, 0.29) is 30.0 Å². The Hall–Kier alpha value is -0.590. The zero-order valence-corrected chi connectivity index (χ0v) is 13.3. The van der Waals surface area contributed by atoms with Crippen LogP contribution in [0.5, 0.6) is 0 Å². The third-order valence-electron chi connectivity index (χ3n) is 3.57. The first-order valence-electron chi connectivity index (χ1n) is 6.45. The highest BCUT2D eigenvalue weighted by molar-refractivity contribution is 5.76. The first-order valence-corrected chi connectivity index (χ1v) is 6.45. The van der Waals surface area contributed by atoms with Gasteiger partial charge in [0.2, 0.25) is 0 Å². The molecule has 0 aliphatic heterocycles. The van der Waals surface area contributed by atoms with Crippen LogP contribution >= 0.6 is 0 Å². The Labute approximate surface area is 126 Å². The molecule has 5 heteroatoms. The van der Waals surface area contributed by atoms with Gasteiger partial charge in [-0.15, -0.1) is 0 Å². The van der Waals surface area contributed by atoms with Crippen molar-refractivity contribution in [3.63, 3.8) is 0 Å². The number of imidazole rings is 1. The van der Waals surface area contributed by atoms with Crippen LogP contribution in [0.1, 0.15) is 32.1 Å². The van der Waals surface area contributed by atoms with Crippen molar-refractivity contribution in [2.75, 3.05) is 13.6 Å². The van der Waals surface area contributed by atoms with E-state index in [1.165, 1.54) is 32.1 Å². The first kappa shape index (κ1) is 15.5. The van der Waals surface area contributed by atoms with Gasteiger partial charge in [-0.2, -0.15) is 4.57 Å². The van der Waals surface area contributed by atoms with Gasteiger partial charge in [-0.1, -0.05) is 19.3 Å². The van der Waals surface area contributed by atoms with E-state index in [0.29, 0.717) is 5.92 Å². The Balaban J connectivity index is 0.00000162. The van der Waals surface area contributed by atoms with Crippen molar-refractivity contribution in [2.24, 2.45) is 13.0 Å². The zero-order chi connectivity index (χ0) is 12.3. The number of rotatable bonds is 2. The Kier molecular flexibility index (Phi) is 6.11. The highest BCUT2D eigenvalue weighted by Crippen LogP contribution is 2.24. The average molecular weight is 363 g/mol. The minimum Gasteiger partial charge on any atom is -1.00 e. The molecule has 1 saturated carbocycles. The molecule has 1 amide bonds. The van der Waals surface area contributed by atoms with Crippen molar-refractivity contribution in [3.05, 3.63) is 18.7 Å². The van der Waals surface area contributed by atoms with Gasteiger partial charge in [0, 0.05) is 13.6 Å². The first-order chi connectivity index (χ1) is 8.16. The second-order valence-electron chi connectivity index (χ2n) is 5.15. The highest BCUT2D eigenvalue weighted by Gasteiger charge is 2.21. The Morgan fingerprint density at radius 3 is 2.61 bits per heavy atom. The maximum Gasteiger partial charge on any atom is 0.415 e. The molecular weight excluding hydrogens is 341 g/mol. The van der Waals surface area contributed by atoms with Crippen LogP contribution in [0.2, 0.25) is 0 Å². The molecule has 1 fully saturated rings. The molecule has 18 heavy (non-hydrogen) atoms. The van der Waals surface area contributed by atoms with Crippen LogP contribution in [0.3, 0.4) is 0 Å². The number of hydrogen-bond acceptors (Lipinski definition) is 1. The second-order valence-corrected chi connectivity index (χ2v) is 5.15. The van der Waals surface area contributed by atoms with Crippen LogP contribution < -0.4 is 28.5 Å². The van der Waals surface area contributed by atoms with E-state index in [4.69, 9.17) is 0 Å². The minimum absolute atomic E-state index is 0. The van der Waals surface area contributed by atoms with E-state index in [1.54, 1.807) is 17.1 Å². The lowest BCUT2D eigenvalue weighted by atomic mass is 9.89. The number of aromatic nitrogens is 2. The van der Waals surface area contributed by atoms with Crippen molar-refractivity contribution in [3.8, 4) is 0 Å². The fourth-order valence-corrected chi connectivity index (χ4v) is 2.60. The number of carbonyl (C=O) groups is 1. The van der Waals surface area contributed by atoms with Crippen LogP contribution in [-0.4, -0.2) is 29.1 Å². The van der Waals surface area contributed by atoms with Crippen LogP contribution in [0.4, 0.5) is 4.79 Å². The molecule has 1 aliphatic carbocycles. The molecular formula is C13H22IN3O. The molecule has 0 spiro atoms. The van der Waals surface area contributed by atoms with Gasteiger partial charge in [-0.3, -0.25) is 0 Å². The van der Waals surface area contributed by atoms with E-state index in [1.807, 2.05) is 29.8 Å². The molecule has 0 radical (unpaired) electrons. The second kappa shape index (κ2) is 7.11. The van der Waals surface area contributed by atoms with Crippen molar-refractivity contribution in [1.29, 1.82) is 0 Å². The van der Waals surface area contributed by atoms with Gasteiger partial charge in [0.1, 0.15) is 12.4 Å². The van der Waals surface area contributed by atoms with E-state index >= 15 is 0 Å². The van der Waals surface area contributed by atoms with Crippen LogP contribution in [0.25, 0.3) is 0 Å². The topological polar surface area (TPSA) is 29.1 Å². The van der Waals surface area contributed by atoms with Gasteiger partial charge in [0.05, 0.1) is 7.05 Å². The molecule has 0 N–H and O–H groups in total. The fourth-order valence-electron chi connectivity index (χ4n) is 2.60. The van der Waals surface area contributed by atoms with Crippen LogP contribution in [0.15, 0.2) is 18.7 Å². The Morgan fingerprint density at radius 2 is 2.06 bits per heavy atom. The number of nitrogens with zero attached hydrogens (tertiary/aromatic N) is 3. The average Bonchev–Trinajstić information content (AvgIpc) is 2.76. The molecule has 1 aliphatic rings. The van der Waals surface area contributed by atoms with Crippen molar-refractivity contribution >= 4 is 6.03 Å². The van der Waals surface area contributed by atoms with Gasteiger partial charge in [0.25, 0.3) is 6.33 Å². The van der Waals surface area contributed by atoms with Gasteiger partial charge in [-0.25, -0.2) is 9.36 Å². The summed E-state index contributed by atoms with van der Waals surface area (Å²) < 4.78 is 3.52. The molecule has 0 saturated heterocycles. The molecule has 1 aromatic heterocycles. The SMILES string of the molecule is CN(CC1CCCCC1)C(=O)n1cc[n+](C)c1.[I-]. The van der Waals surface area contributed by atoms with E-state index < -0.39 is 0 Å². The zero-order valence-electron chi connectivity index (χ0n) is 11.2. The molecule has 102 valence electrons. The predicted molar refractivity (Wildman–Crippen MR) is 65.6 cm³/mol. The fraction of sp³-hybridized carbons (Fsp3) is 0.692. The molecule has 1 aromatic rings. The van der Waals surface area contributed by atoms with Crippen molar-refractivity contribution in [2.45, 2.75) is 32.1 Å². The lowest BCUT2D eigenvalue weighted by molar-refractivity contribution is -0.670. The summed E-state index contributed by atoms with van der Waals surface area (Å²) in [6, 6.07) is 0.0659. The highest BCUT2D eigenvalue weighted by atomic mass is 127. The largest absolute Gasteiger partial charge is 1.00 e. The molecule has 0 unspecified atom stereocenters. The lowest BCUT2D eigenvalue weighted by Gasteiger charge is -2.25. The van der Waals surface area contributed by atoms with E-state index in [0.717, 1.165) is 6.54 Å². The van der Waals surface area contributed by atoms with Gasteiger partial charge in [-0.05, 0) is 18.8 Å². The Bertz CT molecular complexity index is 385. The molecule has 1 heterocycles. The quantitative estimate of drug-likeness (QED) is 0.479. The molecule has 4 nitrogen and oxygen atoms in total. The number of halogens is 1. The monoisotopic (exact) mass is 363 g/mol. The van der Waals surface area contributed by atoms with Crippen molar-refractivity contribution in [1.82, 2.24) is 9.47 Å². The standard InChI is InChI=1S/C13H22N3O.HI/c1-14-8-9-16(11-14)13(17)15(2)10-12-6-4-3-5-7-12;/h8-9,11-12H,3-7,10H2,1-2H3;1H/q+1;/p-1. The molecule has 0 bridgehead atoms. The summed E-state index contributed by atoms with van der Waals surface area (Å²) in [5, 5.41) is 0. The molecule has 2 rings (SSSR count). The minimum atomic E-state index is 0. The molecule has 0 aromatic carbocycles. The van der Waals surface area contributed by atoms with Gasteiger partial charge in [0.15, 0.2) is 0 Å². The predicted octanol–water partition coefficient (Wildman–Crippen LogP) is -1.20. The normalized spacial score (nSPS) is 16.1. The third-order valence-corrected chi connectivity index (χ3v) is 3.57. The lowest BCUT2D eigenvalue weighted by Crippen LogP contribution is -3.00. The number of carbonyl (C=O) groups excluding carboxylic acids is 1. The van der Waals surface area contributed by atoms with E-state index in [2.05, 4.69) is 0 Å². The summed E-state index contributed by atoms with van der Waals surface area (Å²) in [4.78, 5) is 14.0. The van der Waals surface area contributed by atoms with Gasteiger partial charge < -0.3 is 28.9 Å². The molecule has 0 atom stereocenters. The maximum atomic E-state index is 12.1. The summed E-state index contributed by atoms with van der Waals surface area (Å²) in [6.07, 6.45) is 12.1. The smallest absolute Gasteiger partial charge is 0.415 e. The van der Waals surface area contributed by atoms with Gasteiger partial charge >= 0.3 is 6.03 Å². The number of hydrogen-bond donors (Lipinski definition) is 0. The summed E-state index contributed by atoms with van der Waals surface area (Å²) >= 11 is 0.